The van der Waals surface area contributed by atoms with E-state index >= 15 is 0 Å². The maximum absolute atomic E-state index is 13.6. The van der Waals surface area contributed by atoms with Gasteiger partial charge in [0.2, 0.25) is 5.60 Å². The van der Waals surface area contributed by atoms with Gasteiger partial charge in [-0.05, 0) is 24.6 Å². The van der Waals surface area contributed by atoms with Crippen LogP contribution < -0.4 is 5.56 Å². The van der Waals surface area contributed by atoms with Gasteiger partial charge < -0.3 is 23.5 Å². The molecule has 10 nitrogen and oxygen atoms in total. The van der Waals surface area contributed by atoms with Gasteiger partial charge in [0.15, 0.2) is 0 Å². The number of pyridine rings is 2. The summed E-state index contributed by atoms with van der Waals surface area (Å²) < 4.78 is 22.4. The van der Waals surface area contributed by atoms with E-state index in [1.54, 1.807) is 17.6 Å². The van der Waals surface area contributed by atoms with Crippen molar-refractivity contribution >= 4 is 61.6 Å². The van der Waals surface area contributed by atoms with Crippen LogP contribution in [0.5, 0.6) is 0 Å². The van der Waals surface area contributed by atoms with Crippen LogP contribution in [0.1, 0.15) is 30.0 Å². The van der Waals surface area contributed by atoms with Crippen LogP contribution >= 0.6 is 33.2 Å². The molecule has 2 aliphatic heterocycles. The number of halogens is 1. The first kappa shape index (κ1) is 27.4. The Balaban J connectivity index is 1.36. The second-order valence-electron chi connectivity index (χ2n) is 8.69. The van der Waals surface area contributed by atoms with Gasteiger partial charge in [-0.2, -0.15) is 0 Å². The van der Waals surface area contributed by atoms with Crippen molar-refractivity contribution in [2.45, 2.75) is 32.1 Å². The Bertz CT molecular complexity index is 1530. The molecule has 0 fully saturated rings. The molecule has 0 bridgehead atoms. The van der Waals surface area contributed by atoms with Crippen molar-refractivity contribution in [2.75, 3.05) is 24.7 Å². The van der Waals surface area contributed by atoms with Crippen molar-refractivity contribution < 1.29 is 33.3 Å². The summed E-state index contributed by atoms with van der Waals surface area (Å²) in [6.45, 7) is 1.99. The molecule has 0 aliphatic carbocycles. The summed E-state index contributed by atoms with van der Waals surface area (Å²) in [6.07, 6.45) is -1.01. The quantitative estimate of drug-likeness (QED) is 0.0860. The highest BCUT2D eigenvalue weighted by molar-refractivity contribution is 8.76. The Morgan fingerprint density at radius 2 is 1.87 bits per heavy atom. The SMILES string of the molecule is CC[C@@]1(OC(=O)OCCSSCCOC(=O)Cl)C(=O)OCc2c1cc1n(c2=O)Cc2cc3ccccc3nc2-1. The van der Waals surface area contributed by atoms with Gasteiger partial charge in [0.05, 0.1) is 29.0 Å². The lowest BCUT2D eigenvalue weighted by atomic mass is 9.85. The average molecular weight is 591 g/mol. The third kappa shape index (κ3) is 5.32. The highest BCUT2D eigenvalue weighted by atomic mass is 35.5. The van der Waals surface area contributed by atoms with E-state index < -0.39 is 23.2 Å². The van der Waals surface area contributed by atoms with E-state index in [-0.39, 0.29) is 42.9 Å². The lowest BCUT2D eigenvalue weighted by molar-refractivity contribution is -0.175. The Hall–Kier alpha value is -3.22. The van der Waals surface area contributed by atoms with E-state index in [1.165, 1.54) is 21.6 Å². The van der Waals surface area contributed by atoms with E-state index in [0.717, 1.165) is 16.5 Å². The third-order valence-corrected chi connectivity index (χ3v) is 8.94. The molecule has 3 aromatic rings. The van der Waals surface area contributed by atoms with E-state index in [9.17, 15) is 19.2 Å². The number of carbonyl (C=O) groups excluding carboxylic acids is 3. The lowest BCUT2D eigenvalue weighted by Gasteiger charge is -2.35. The van der Waals surface area contributed by atoms with Crippen molar-refractivity contribution in [3.05, 3.63) is 63.4 Å². The van der Waals surface area contributed by atoms with Crippen LogP contribution in [0, 0.1) is 0 Å². The summed E-state index contributed by atoms with van der Waals surface area (Å²) in [7, 11) is 2.82. The highest BCUT2D eigenvalue weighted by Crippen LogP contribution is 2.41. The van der Waals surface area contributed by atoms with Gasteiger partial charge in [-0.3, -0.25) is 4.79 Å². The number of fused-ring (bicyclic) bond motifs is 5. The monoisotopic (exact) mass is 590 g/mol. The summed E-state index contributed by atoms with van der Waals surface area (Å²) in [5, 5.41) is 0.963. The van der Waals surface area contributed by atoms with Crippen molar-refractivity contribution in [1.29, 1.82) is 0 Å². The Labute approximate surface area is 235 Å². The molecule has 204 valence electrons. The summed E-state index contributed by atoms with van der Waals surface area (Å²) in [5.74, 6) is 0.185. The van der Waals surface area contributed by atoms with Gasteiger partial charge in [-0.1, -0.05) is 46.7 Å². The number of rotatable bonds is 9. The Morgan fingerprint density at radius 1 is 1.13 bits per heavy atom. The van der Waals surface area contributed by atoms with Crippen LogP contribution in [0.2, 0.25) is 0 Å². The predicted molar refractivity (Wildman–Crippen MR) is 147 cm³/mol. The van der Waals surface area contributed by atoms with Crippen molar-refractivity contribution in [1.82, 2.24) is 9.55 Å². The fraction of sp³-hybridized carbons (Fsp3) is 0.346. The van der Waals surface area contributed by atoms with E-state index in [1.807, 2.05) is 30.3 Å². The number of para-hydroxylation sites is 1. The molecule has 5 rings (SSSR count). The average Bonchev–Trinajstić information content (AvgIpc) is 3.28. The zero-order valence-corrected chi connectivity index (χ0v) is 23.2. The number of esters is 1. The molecule has 2 aromatic heterocycles. The molecule has 2 aliphatic rings. The summed E-state index contributed by atoms with van der Waals surface area (Å²) in [5.41, 5.74) is 0.414. The molecule has 0 amide bonds. The van der Waals surface area contributed by atoms with Crippen LogP contribution in [0.25, 0.3) is 22.3 Å². The van der Waals surface area contributed by atoms with Crippen molar-refractivity contribution in [3.63, 3.8) is 0 Å². The van der Waals surface area contributed by atoms with Crippen LogP contribution in [-0.4, -0.2) is 51.8 Å². The molecule has 0 spiro atoms. The molecule has 1 atom stereocenters. The Morgan fingerprint density at radius 3 is 2.62 bits per heavy atom. The number of nitrogens with zero attached hydrogens (tertiary/aromatic N) is 2. The zero-order valence-electron chi connectivity index (χ0n) is 20.8. The molecule has 13 heteroatoms. The van der Waals surface area contributed by atoms with E-state index in [2.05, 4.69) is 4.74 Å². The number of benzene rings is 1. The number of ether oxygens (including phenoxy) is 4. The summed E-state index contributed by atoms with van der Waals surface area (Å²) in [6, 6.07) is 11.4. The number of aromatic nitrogens is 2. The minimum absolute atomic E-state index is 0.0186. The molecule has 39 heavy (non-hydrogen) atoms. The van der Waals surface area contributed by atoms with Gasteiger partial charge in [-0.15, -0.1) is 0 Å². The minimum Gasteiger partial charge on any atom is -0.457 e. The van der Waals surface area contributed by atoms with Gasteiger partial charge in [0, 0.05) is 39.6 Å². The van der Waals surface area contributed by atoms with E-state index in [0.29, 0.717) is 29.4 Å². The fourth-order valence-corrected chi connectivity index (χ4v) is 6.42. The molecule has 0 unspecified atom stereocenters. The first-order valence-corrected chi connectivity index (χ1v) is 15.0. The molecule has 0 N–H and O–H groups in total. The zero-order chi connectivity index (χ0) is 27.6. The number of hydrogen-bond acceptors (Lipinski definition) is 11. The largest absolute Gasteiger partial charge is 0.509 e. The van der Waals surface area contributed by atoms with Gasteiger partial charge in [-0.25, -0.2) is 19.4 Å². The second kappa shape index (κ2) is 11.5. The molecule has 0 radical (unpaired) electrons. The normalized spacial score (nSPS) is 17.1. The molecule has 0 saturated heterocycles. The van der Waals surface area contributed by atoms with E-state index in [4.69, 9.17) is 30.8 Å². The number of hydrogen-bond donors (Lipinski definition) is 0. The number of carbonyl (C=O) groups is 3. The first-order chi connectivity index (χ1) is 18.8. The maximum Gasteiger partial charge on any atom is 0.509 e. The molecular formula is C26H23ClN2O8S2. The lowest BCUT2D eigenvalue weighted by Crippen LogP contribution is -2.47. The van der Waals surface area contributed by atoms with Crippen LogP contribution in [-0.2, 0) is 42.5 Å². The van der Waals surface area contributed by atoms with Gasteiger partial charge in [0.1, 0.15) is 19.8 Å². The summed E-state index contributed by atoms with van der Waals surface area (Å²) in [4.78, 5) is 54.6. The maximum atomic E-state index is 13.6. The molecular weight excluding hydrogens is 568 g/mol. The second-order valence-corrected chi connectivity index (χ2v) is 11.7. The predicted octanol–water partition coefficient (Wildman–Crippen LogP) is 5.00. The smallest absolute Gasteiger partial charge is 0.457 e. The topological polar surface area (TPSA) is 123 Å². The molecule has 4 heterocycles. The summed E-state index contributed by atoms with van der Waals surface area (Å²) >= 11 is 5.10. The Kier molecular flexibility index (Phi) is 8.06. The van der Waals surface area contributed by atoms with Gasteiger partial charge >= 0.3 is 17.6 Å². The van der Waals surface area contributed by atoms with Crippen LogP contribution in [0.4, 0.5) is 9.59 Å². The number of cyclic esters (lactones) is 1. The molecule has 0 saturated carbocycles. The van der Waals surface area contributed by atoms with Crippen molar-refractivity contribution in [2.24, 2.45) is 0 Å². The molecule has 1 aromatic carbocycles. The van der Waals surface area contributed by atoms with Gasteiger partial charge in [0.25, 0.3) is 5.56 Å². The first-order valence-electron chi connectivity index (χ1n) is 12.1. The van der Waals surface area contributed by atoms with Crippen LogP contribution in [0.3, 0.4) is 0 Å². The van der Waals surface area contributed by atoms with Crippen LogP contribution in [0.15, 0.2) is 41.2 Å². The third-order valence-electron chi connectivity index (χ3n) is 6.49. The highest BCUT2D eigenvalue weighted by Gasteiger charge is 2.51. The van der Waals surface area contributed by atoms with Crippen molar-refractivity contribution in [3.8, 4) is 11.4 Å². The standard InChI is InChI=1S/C26H23ClN2O8S2/c1-2-26(37-25(33)35-8-10-39-38-9-7-34-24(27)32)18-12-20-21-16(11-15-5-3-4-6-19(15)28-21)13-29(20)22(30)17(18)14-36-23(26)31/h3-6,11-12H,2,7-10,13-14H2,1H3/t26-/m0/s1. The fourth-order valence-electron chi connectivity index (χ4n) is 4.69. The minimum atomic E-state index is -1.83.